The first-order valence-electron chi connectivity index (χ1n) is 6.13. The van der Waals surface area contributed by atoms with E-state index >= 15 is 0 Å². The third kappa shape index (κ3) is 4.38. The SMILES string of the molecule is O=S(=O)(CC(O)CNCc1ccccn1)c1cccs1. The summed E-state index contributed by atoms with van der Waals surface area (Å²) in [6, 6.07) is 8.80. The maximum absolute atomic E-state index is 11.9. The second-order valence-corrected chi connectivity index (χ2v) is 7.53. The number of nitrogens with zero attached hydrogens (tertiary/aromatic N) is 1. The maximum atomic E-state index is 11.9. The zero-order valence-electron chi connectivity index (χ0n) is 10.8. The molecule has 2 heterocycles. The molecule has 0 aliphatic rings. The van der Waals surface area contributed by atoms with E-state index in [1.807, 2.05) is 18.2 Å². The van der Waals surface area contributed by atoms with Gasteiger partial charge in [0.1, 0.15) is 4.21 Å². The van der Waals surface area contributed by atoms with Crippen molar-refractivity contribution in [1.29, 1.82) is 0 Å². The van der Waals surface area contributed by atoms with Crippen molar-refractivity contribution in [2.45, 2.75) is 16.9 Å². The van der Waals surface area contributed by atoms with Crippen LogP contribution in [0.25, 0.3) is 0 Å². The van der Waals surface area contributed by atoms with E-state index in [2.05, 4.69) is 10.3 Å². The van der Waals surface area contributed by atoms with E-state index in [1.54, 1.807) is 23.7 Å². The molecule has 1 unspecified atom stereocenters. The Morgan fingerprint density at radius 2 is 2.15 bits per heavy atom. The van der Waals surface area contributed by atoms with Crippen LogP contribution in [0.5, 0.6) is 0 Å². The van der Waals surface area contributed by atoms with Crippen molar-refractivity contribution in [2.24, 2.45) is 0 Å². The van der Waals surface area contributed by atoms with Crippen molar-refractivity contribution >= 4 is 21.2 Å². The van der Waals surface area contributed by atoms with E-state index in [1.165, 1.54) is 0 Å². The monoisotopic (exact) mass is 312 g/mol. The molecule has 0 aliphatic carbocycles. The smallest absolute Gasteiger partial charge is 0.190 e. The van der Waals surface area contributed by atoms with Crippen molar-refractivity contribution in [3.05, 3.63) is 47.6 Å². The Kier molecular flexibility index (Phi) is 5.24. The average molecular weight is 312 g/mol. The van der Waals surface area contributed by atoms with Crippen molar-refractivity contribution in [3.8, 4) is 0 Å². The van der Waals surface area contributed by atoms with Crippen LogP contribution in [0, 0.1) is 0 Å². The van der Waals surface area contributed by atoms with Crippen LogP contribution in [0.4, 0.5) is 0 Å². The zero-order chi connectivity index (χ0) is 14.4. The van der Waals surface area contributed by atoms with E-state index in [4.69, 9.17) is 0 Å². The highest BCUT2D eigenvalue weighted by Gasteiger charge is 2.20. The van der Waals surface area contributed by atoms with Crippen LogP contribution >= 0.6 is 11.3 Å². The molecule has 108 valence electrons. The van der Waals surface area contributed by atoms with Crippen LogP contribution in [-0.2, 0) is 16.4 Å². The highest BCUT2D eigenvalue weighted by atomic mass is 32.2. The molecule has 0 aromatic carbocycles. The molecule has 7 heteroatoms. The van der Waals surface area contributed by atoms with Gasteiger partial charge in [0.2, 0.25) is 0 Å². The molecule has 0 saturated heterocycles. The van der Waals surface area contributed by atoms with Gasteiger partial charge >= 0.3 is 0 Å². The molecule has 5 nitrogen and oxygen atoms in total. The van der Waals surface area contributed by atoms with Gasteiger partial charge in [-0.25, -0.2) is 8.42 Å². The van der Waals surface area contributed by atoms with Gasteiger partial charge in [0.15, 0.2) is 9.84 Å². The second kappa shape index (κ2) is 6.94. The lowest BCUT2D eigenvalue weighted by atomic mass is 10.3. The number of aliphatic hydroxyl groups is 1. The lowest BCUT2D eigenvalue weighted by Gasteiger charge is -2.11. The molecule has 2 rings (SSSR count). The fourth-order valence-electron chi connectivity index (χ4n) is 1.70. The Bertz CT molecular complexity index is 612. The quantitative estimate of drug-likeness (QED) is 0.799. The van der Waals surface area contributed by atoms with Crippen molar-refractivity contribution in [3.63, 3.8) is 0 Å². The normalized spacial score (nSPS) is 13.2. The van der Waals surface area contributed by atoms with E-state index in [-0.39, 0.29) is 12.3 Å². The molecule has 0 spiro atoms. The summed E-state index contributed by atoms with van der Waals surface area (Å²) in [7, 11) is -3.40. The number of aliphatic hydroxyl groups excluding tert-OH is 1. The maximum Gasteiger partial charge on any atom is 0.190 e. The summed E-state index contributed by atoms with van der Waals surface area (Å²) in [4.78, 5) is 4.13. The van der Waals surface area contributed by atoms with Crippen LogP contribution in [0.1, 0.15) is 5.69 Å². The van der Waals surface area contributed by atoms with Crippen LogP contribution in [0.3, 0.4) is 0 Å². The first-order valence-corrected chi connectivity index (χ1v) is 8.66. The van der Waals surface area contributed by atoms with Crippen LogP contribution in [0.15, 0.2) is 46.1 Å². The predicted octanol–water partition coefficient (Wildman–Crippen LogP) is 1.07. The zero-order valence-corrected chi connectivity index (χ0v) is 12.4. The van der Waals surface area contributed by atoms with Gasteiger partial charge in [-0.05, 0) is 23.6 Å². The molecule has 0 radical (unpaired) electrons. The van der Waals surface area contributed by atoms with Gasteiger partial charge in [-0.15, -0.1) is 11.3 Å². The summed E-state index contributed by atoms with van der Waals surface area (Å²) in [5.41, 5.74) is 0.848. The van der Waals surface area contributed by atoms with Crippen LogP contribution < -0.4 is 5.32 Å². The molecule has 2 aromatic heterocycles. The topological polar surface area (TPSA) is 79.3 Å². The number of hydrogen-bond donors (Lipinski definition) is 2. The fourth-order valence-corrected chi connectivity index (χ4v) is 4.18. The lowest BCUT2D eigenvalue weighted by molar-refractivity contribution is 0.193. The summed E-state index contributed by atoms with van der Waals surface area (Å²) >= 11 is 1.16. The summed E-state index contributed by atoms with van der Waals surface area (Å²) in [5.74, 6) is -0.275. The number of pyridine rings is 1. The summed E-state index contributed by atoms with van der Waals surface area (Å²) in [5, 5.41) is 14.5. The lowest BCUT2D eigenvalue weighted by Crippen LogP contribution is -2.32. The van der Waals surface area contributed by atoms with E-state index < -0.39 is 15.9 Å². The molecular formula is C13H16N2O3S2. The molecule has 2 N–H and O–H groups in total. The standard InChI is InChI=1S/C13H16N2O3S2/c16-12(9-14-8-11-4-1-2-6-15-11)10-20(17,18)13-5-3-7-19-13/h1-7,12,14,16H,8-10H2. The molecule has 0 bridgehead atoms. The Balaban J connectivity index is 1.80. The van der Waals surface area contributed by atoms with Gasteiger partial charge in [-0.2, -0.15) is 0 Å². The first kappa shape index (κ1) is 15.1. The van der Waals surface area contributed by atoms with Crippen LogP contribution in [-0.4, -0.2) is 36.9 Å². The van der Waals surface area contributed by atoms with Gasteiger partial charge < -0.3 is 10.4 Å². The summed E-state index contributed by atoms with van der Waals surface area (Å²) in [6.45, 7) is 0.706. The molecule has 0 amide bonds. The Morgan fingerprint density at radius 3 is 2.80 bits per heavy atom. The van der Waals surface area contributed by atoms with Crippen molar-refractivity contribution in [1.82, 2.24) is 10.3 Å². The number of rotatable bonds is 7. The Labute approximate surface area is 122 Å². The van der Waals surface area contributed by atoms with Gasteiger partial charge in [0.25, 0.3) is 0 Å². The minimum absolute atomic E-state index is 0.210. The van der Waals surface area contributed by atoms with Crippen molar-refractivity contribution < 1.29 is 13.5 Å². The average Bonchev–Trinajstić information content (AvgIpc) is 2.94. The fraction of sp³-hybridized carbons (Fsp3) is 0.308. The van der Waals surface area contributed by atoms with E-state index in [9.17, 15) is 13.5 Å². The highest BCUT2D eigenvalue weighted by Crippen LogP contribution is 2.17. The number of thiophene rings is 1. The van der Waals surface area contributed by atoms with Gasteiger partial charge in [-0.1, -0.05) is 12.1 Å². The molecule has 1 atom stereocenters. The van der Waals surface area contributed by atoms with Gasteiger partial charge in [0.05, 0.1) is 17.6 Å². The summed E-state index contributed by atoms with van der Waals surface area (Å²) < 4.78 is 24.2. The Hall–Kier alpha value is -1.28. The third-order valence-corrected chi connectivity index (χ3v) is 5.91. The minimum atomic E-state index is -3.40. The van der Waals surface area contributed by atoms with Gasteiger partial charge in [-0.3, -0.25) is 4.98 Å². The predicted molar refractivity (Wildman–Crippen MR) is 78.3 cm³/mol. The van der Waals surface area contributed by atoms with Gasteiger partial charge in [0, 0.05) is 19.3 Å². The Morgan fingerprint density at radius 1 is 1.30 bits per heavy atom. The third-order valence-electron chi connectivity index (χ3n) is 2.63. The summed E-state index contributed by atoms with van der Waals surface area (Å²) in [6.07, 6.45) is 0.750. The number of nitrogens with one attached hydrogen (secondary N) is 1. The molecule has 0 aliphatic heterocycles. The molecule has 20 heavy (non-hydrogen) atoms. The molecule has 0 fully saturated rings. The van der Waals surface area contributed by atoms with E-state index in [0.717, 1.165) is 17.0 Å². The van der Waals surface area contributed by atoms with E-state index in [0.29, 0.717) is 10.8 Å². The van der Waals surface area contributed by atoms with Crippen LogP contribution in [0.2, 0.25) is 0 Å². The second-order valence-electron chi connectivity index (χ2n) is 4.32. The van der Waals surface area contributed by atoms with Crippen molar-refractivity contribution in [2.75, 3.05) is 12.3 Å². The minimum Gasteiger partial charge on any atom is -0.391 e. The molecule has 0 saturated carbocycles. The largest absolute Gasteiger partial charge is 0.391 e. The first-order chi connectivity index (χ1) is 9.58. The highest BCUT2D eigenvalue weighted by molar-refractivity contribution is 7.93. The molecular weight excluding hydrogens is 296 g/mol. The number of aromatic nitrogens is 1. The molecule has 2 aromatic rings. The number of sulfone groups is 1. The number of hydrogen-bond acceptors (Lipinski definition) is 6.